The quantitative estimate of drug-likeness (QED) is 0.689. The molecule has 2 aromatic carbocycles. The summed E-state index contributed by atoms with van der Waals surface area (Å²) in [6, 6.07) is 16.2. The molecule has 0 atom stereocenters. The molecule has 1 amide bonds. The van der Waals surface area contributed by atoms with Crippen LogP contribution in [-0.2, 0) is 16.8 Å². The molecule has 2 aromatic rings. The number of hydrogen-bond donors (Lipinski definition) is 0. The number of thioether (sulfide) groups is 1. The van der Waals surface area contributed by atoms with Crippen LogP contribution in [0.5, 0.6) is 0 Å². The highest BCUT2D eigenvalue weighted by atomic mass is 35.5. The Morgan fingerprint density at radius 3 is 2.46 bits per heavy atom. The smallest absolute Gasteiger partial charge is 0.233 e. The summed E-state index contributed by atoms with van der Waals surface area (Å²) in [6.07, 6.45) is 4.97. The number of hydrogen-bond acceptors (Lipinski definition) is 2. The van der Waals surface area contributed by atoms with Crippen LogP contribution in [0.2, 0.25) is 5.02 Å². The SMILES string of the molecule is CSc1ccc(CN(C)C(=O)C2(c3cccc(Cl)c3)CCC2)cc1. The Labute approximate surface area is 153 Å². The molecule has 0 aromatic heterocycles. The second-order valence-electron chi connectivity index (χ2n) is 6.46. The summed E-state index contributed by atoms with van der Waals surface area (Å²) in [5.74, 6) is 0.199. The van der Waals surface area contributed by atoms with Gasteiger partial charge in [0.15, 0.2) is 0 Å². The van der Waals surface area contributed by atoms with Crippen LogP contribution in [0.1, 0.15) is 30.4 Å². The van der Waals surface area contributed by atoms with E-state index in [-0.39, 0.29) is 5.91 Å². The summed E-state index contributed by atoms with van der Waals surface area (Å²) in [5, 5.41) is 0.696. The molecule has 1 aliphatic carbocycles. The van der Waals surface area contributed by atoms with Crippen LogP contribution in [0.3, 0.4) is 0 Å². The van der Waals surface area contributed by atoms with Gasteiger partial charge in [-0.1, -0.05) is 42.3 Å². The van der Waals surface area contributed by atoms with Crippen molar-refractivity contribution in [3.05, 3.63) is 64.7 Å². The Balaban J connectivity index is 1.78. The first-order valence-electron chi connectivity index (χ1n) is 8.20. The molecule has 4 heteroatoms. The maximum absolute atomic E-state index is 13.2. The fraction of sp³-hybridized carbons (Fsp3) is 0.350. The van der Waals surface area contributed by atoms with E-state index >= 15 is 0 Å². The van der Waals surface area contributed by atoms with Crippen molar-refractivity contribution >= 4 is 29.3 Å². The third kappa shape index (κ3) is 3.33. The van der Waals surface area contributed by atoms with Gasteiger partial charge in [-0.25, -0.2) is 0 Å². The lowest BCUT2D eigenvalue weighted by atomic mass is 9.63. The first-order chi connectivity index (χ1) is 11.5. The summed E-state index contributed by atoms with van der Waals surface area (Å²) in [6.45, 7) is 0.635. The summed E-state index contributed by atoms with van der Waals surface area (Å²) >= 11 is 7.87. The largest absolute Gasteiger partial charge is 0.341 e. The topological polar surface area (TPSA) is 20.3 Å². The molecule has 0 N–H and O–H groups in total. The Kier molecular flexibility index (Phi) is 5.21. The van der Waals surface area contributed by atoms with Gasteiger partial charge >= 0.3 is 0 Å². The molecule has 24 heavy (non-hydrogen) atoms. The highest BCUT2D eigenvalue weighted by Crippen LogP contribution is 2.45. The van der Waals surface area contributed by atoms with Gasteiger partial charge in [0.1, 0.15) is 0 Å². The van der Waals surface area contributed by atoms with Crippen molar-refractivity contribution in [2.75, 3.05) is 13.3 Å². The van der Waals surface area contributed by atoms with Crippen LogP contribution in [0.25, 0.3) is 0 Å². The van der Waals surface area contributed by atoms with Crippen LogP contribution in [0.4, 0.5) is 0 Å². The van der Waals surface area contributed by atoms with Crippen molar-refractivity contribution in [2.24, 2.45) is 0 Å². The van der Waals surface area contributed by atoms with E-state index in [0.29, 0.717) is 11.6 Å². The highest BCUT2D eigenvalue weighted by Gasteiger charge is 2.47. The fourth-order valence-corrected chi connectivity index (χ4v) is 3.98. The molecule has 2 nitrogen and oxygen atoms in total. The maximum Gasteiger partial charge on any atom is 0.233 e. The van der Waals surface area contributed by atoms with Gasteiger partial charge in [0, 0.05) is 23.5 Å². The van der Waals surface area contributed by atoms with E-state index in [1.807, 2.05) is 36.2 Å². The number of benzene rings is 2. The second-order valence-corrected chi connectivity index (χ2v) is 7.77. The zero-order valence-electron chi connectivity index (χ0n) is 14.1. The van der Waals surface area contributed by atoms with E-state index in [9.17, 15) is 4.79 Å². The molecule has 0 spiro atoms. The Hall–Kier alpha value is -1.45. The van der Waals surface area contributed by atoms with E-state index in [1.165, 1.54) is 4.90 Å². The standard InChI is InChI=1S/C20H22ClNOS/c1-22(14-15-7-9-18(24-2)10-8-15)19(23)20(11-4-12-20)16-5-3-6-17(21)13-16/h3,5-10,13H,4,11-12,14H2,1-2H3. The van der Waals surface area contributed by atoms with Crippen molar-refractivity contribution in [2.45, 2.75) is 36.1 Å². The van der Waals surface area contributed by atoms with Gasteiger partial charge in [0.2, 0.25) is 5.91 Å². The predicted octanol–water partition coefficient (Wildman–Crippen LogP) is 5.14. The summed E-state index contributed by atoms with van der Waals surface area (Å²) in [4.78, 5) is 16.3. The van der Waals surface area contributed by atoms with Crippen LogP contribution in [-0.4, -0.2) is 24.1 Å². The Morgan fingerprint density at radius 2 is 1.92 bits per heavy atom. The molecule has 1 aliphatic rings. The summed E-state index contributed by atoms with van der Waals surface area (Å²) in [7, 11) is 1.90. The number of amides is 1. The molecule has 1 fully saturated rings. The van der Waals surface area contributed by atoms with Gasteiger partial charge in [-0.15, -0.1) is 11.8 Å². The van der Waals surface area contributed by atoms with E-state index < -0.39 is 5.41 Å². The lowest BCUT2D eigenvalue weighted by molar-refractivity contribution is -0.140. The monoisotopic (exact) mass is 359 g/mol. The summed E-state index contributed by atoms with van der Waals surface area (Å²) < 4.78 is 0. The number of likely N-dealkylation sites (N-methyl/N-ethyl adjacent to an activating group) is 1. The minimum absolute atomic E-state index is 0.199. The third-order valence-electron chi connectivity index (χ3n) is 4.92. The molecule has 0 unspecified atom stereocenters. The number of nitrogens with zero attached hydrogens (tertiary/aromatic N) is 1. The molecular weight excluding hydrogens is 338 g/mol. The molecule has 3 rings (SSSR count). The van der Waals surface area contributed by atoms with Crippen LogP contribution in [0, 0.1) is 0 Å². The minimum Gasteiger partial charge on any atom is -0.341 e. The first kappa shape index (κ1) is 17.4. The van der Waals surface area contributed by atoms with E-state index in [1.54, 1.807) is 11.8 Å². The van der Waals surface area contributed by atoms with Crippen molar-refractivity contribution in [3.63, 3.8) is 0 Å². The van der Waals surface area contributed by atoms with E-state index in [0.717, 1.165) is 30.4 Å². The zero-order chi connectivity index (χ0) is 17.2. The number of halogens is 1. The van der Waals surface area contributed by atoms with Crippen molar-refractivity contribution in [1.82, 2.24) is 4.90 Å². The lowest BCUT2D eigenvalue weighted by Crippen LogP contribution is -2.49. The molecule has 1 saturated carbocycles. The lowest BCUT2D eigenvalue weighted by Gasteiger charge is -2.43. The molecule has 0 saturated heterocycles. The van der Waals surface area contributed by atoms with Gasteiger partial charge in [-0.2, -0.15) is 0 Å². The van der Waals surface area contributed by atoms with Gasteiger partial charge in [0.25, 0.3) is 0 Å². The van der Waals surface area contributed by atoms with Crippen LogP contribution < -0.4 is 0 Å². The van der Waals surface area contributed by atoms with Gasteiger partial charge in [-0.3, -0.25) is 4.79 Å². The Morgan fingerprint density at radius 1 is 1.21 bits per heavy atom. The molecule has 126 valence electrons. The van der Waals surface area contributed by atoms with Crippen molar-refractivity contribution in [1.29, 1.82) is 0 Å². The Bertz CT molecular complexity index is 725. The normalized spacial score (nSPS) is 15.6. The van der Waals surface area contributed by atoms with Crippen molar-refractivity contribution < 1.29 is 4.79 Å². The number of rotatable bonds is 5. The van der Waals surface area contributed by atoms with E-state index in [2.05, 4.69) is 30.5 Å². The fourth-order valence-electron chi connectivity index (χ4n) is 3.38. The predicted molar refractivity (Wildman–Crippen MR) is 102 cm³/mol. The van der Waals surface area contributed by atoms with Crippen LogP contribution in [0.15, 0.2) is 53.4 Å². The van der Waals surface area contributed by atoms with Crippen LogP contribution >= 0.6 is 23.4 Å². The number of carbonyl (C=O) groups excluding carboxylic acids is 1. The summed E-state index contributed by atoms with van der Waals surface area (Å²) in [5.41, 5.74) is 1.82. The molecule has 0 heterocycles. The molecule has 0 bridgehead atoms. The minimum atomic E-state index is -0.390. The van der Waals surface area contributed by atoms with E-state index in [4.69, 9.17) is 11.6 Å². The zero-order valence-corrected chi connectivity index (χ0v) is 15.7. The highest BCUT2D eigenvalue weighted by molar-refractivity contribution is 7.98. The van der Waals surface area contributed by atoms with Gasteiger partial charge in [0.05, 0.1) is 5.41 Å². The average molecular weight is 360 g/mol. The average Bonchev–Trinajstić information content (AvgIpc) is 2.54. The molecule has 0 radical (unpaired) electrons. The number of carbonyl (C=O) groups is 1. The molecular formula is C20H22ClNOS. The molecule has 0 aliphatic heterocycles. The third-order valence-corrected chi connectivity index (χ3v) is 5.90. The maximum atomic E-state index is 13.2. The van der Waals surface area contributed by atoms with Gasteiger partial charge < -0.3 is 4.90 Å². The second kappa shape index (κ2) is 7.20. The van der Waals surface area contributed by atoms with Crippen molar-refractivity contribution in [3.8, 4) is 0 Å². The van der Waals surface area contributed by atoms with Gasteiger partial charge in [-0.05, 0) is 54.5 Å². The first-order valence-corrected chi connectivity index (χ1v) is 9.80.